The molecule has 0 saturated heterocycles. The van der Waals surface area contributed by atoms with Crippen molar-refractivity contribution in [3.05, 3.63) is 17.7 Å². The molecular weight excluding hydrogens is 196 g/mol. The van der Waals surface area contributed by atoms with Gasteiger partial charge in [-0.25, -0.2) is 0 Å². The Kier molecular flexibility index (Phi) is 3.09. The van der Waals surface area contributed by atoms with E-state index in [2.05, 4.69) is 0 Å². The van der Waals surface area contributed by atoms with Crippen molar-refractivity contribution in [2.75, 3.05) is 14.2 Å². The van der Waals surface area contributed by atoms with Gasteiger partial charge in [0.2, 0.25) is 5.75 Å². The van der Waals surface area contributed by atoms with E-state index in [-0.39, 0.29) is 11.5 Å². The fourth-order valence-corrected chi connectivity index (χ4v) is 1.30. The highest BCUT2D eigenvalue weighted by molar-refractivity contribution is 5.53. The van der Waals surface area contributed by atoms with Crippen LogP contribution in [0.1, 0.15) is 19.4 Å². The van der Waals surface area contributed by atoms with E-state index in [0.29, 0.717) is 11.3 Å². The Hall–Kier alpha value is -1.42. The van der Waals surface area contributed by atoms with Gasteiger partial charge in [-0.2, -0.15) is 0 Å². The summed E-state index contributed by atoms with van der Waals surface area (Å²) in [5.74, 6) is 0.620. The number of aliphatic hydroxyl groups is 1. The molecule has 0 aliphatic rings. The molecule has 4 heteroatoms. The van der Waals surface area contributed by atoms with Gasteiger partial charge in [-0.3, -0.25) is 0 Å². The minimum absolute atomic E-state index is 0.0472. The highest BCUT2D eigenvalue weighted by atomic mass is 16.5. The van der Waals surface area contributed by atoms with Crippen LogP contribution in [0.15, 0.2) is 12.1 Å². The third-order valence-electron chi connectivity index (χ3n) is 2.17. The number of methoxy groups -OCH3 is 2. The van der Waals surface area contributed by atoms with Gasteiger partial charge >= 0.3 is 0 Å². The summed E-state index contributed by atoms with van der Waals surface area (Å²) in [4.78, 5) is 0. The Morgan fingerprint density at radius 2 is 1.73 bits per heavy atom. The van der Waals surface area contributed by atoms with Crippen LogP contribution in [0.5, 0.6) is 17.2 Å². The van der Waals surface area contributed by atoms with Gasteiger partial charge in [-0.15, -0.1) is 0 Å². The average molecular weight is 212 g/mol. The zero-order valence-electron chi connectivity index (χ0n) is 9.37. The summed E-state index contributed by atoms with van der Waals surface area (Å²) < 4.78 is 10.0. The second kappa shape index (κ2) is 3.98. The lowest BCUT2D eigenvalue weighted by atomic mass is 9.97. The molecule has 0 aromatic heterocycles. The van der Waals surface area contributed by atoms with E-state index in [1.165, 1.54) is 20.3 Å². The Morgan fingerprint density at radius 1 is 1.13 bits per heavy atom. The standard InChI is InChI=1S/C11H16O4/c1-11(2,13)7-5-8(12)10(15-4)9(6-7)14-3/h5-6,12-13H,1-4H3. The number of hydrogen-bond acceptors (Lipinski definition) is 4. The smallest absolute Gasteiger partial charge is 0.203 e. The molecular formula is C11H16O4. The molecule has 0 unspecified atom stereocenters. The van der Waals surface area contributed by atoms with Crippen LogP contribution in [0.25, 0.3) is 0 Å². The Bertz CT molecular complexity index is 352. The van der Waals surface area contributed by atoms with Crippen LogP contribution >= 0.6 is 0 Å². The molecule has 0 aliphatic heterocycles. The number of ether oxygens (including phenoxy) is 2. The largest absolute Gasteiger partial charge is 0.504 e. The molecule has 0 aliphatic carbocycles. The molecule has 0 heterocycles. The predicted octanol–water partition coefficient (Wildman–Crippen LogP) is 1.64. The van der Waals surface area contributed by atoms with E-state index in [4.69, 9.17) is 9.47 Å². The summed E-state index contributed by atoms with van der Waals surface area (Å²) in [6.07, 6.45) is 0. The maximum atomic E-state index is 9.79. The third-order valence-corrected chi connectivity index (χ3v) is 2.17. The first-order chi connectivity index (χ1) is 6.90. The van der Waals surface area contributed by atoms with E-state index in [1.807, 2.05) is 0 Å². The van der Waals surface area contributed by atoms with Crippen molar-refractivity contribution >= 4 is 0 Å². The quantitative estimate of drug-likeness (QED) is 0.799. The van der Waals surface area contributed by atoms with Crippen molar-refractivity contribution in [2.45, 2.75) is 19.4 Å². The van der Waals surface area contributed by atoms with Gasteiger partial charge in [0.05, 0.1) is 19.8 Å². The zero-order valence-corrected chi connectivity index (χ0v) is 9.37. The van der Waals surface area contributed by atoms with Crippen molar-refractivity contribution in [3.63, 3.8) is 0 Å². The minimum Gasteiger partial charge on any atom is -0.504 e. The zero-order chi connectivity index (χ0) is 11.6. The van der Waals surface area contributed by atoms with Gasteiger partial charge < -0.3 is 19.7 Å². The van der Waals surface area contributed by atoms with Crippen LogP contribution in [0.2, 0.25) is 0 Å². The highest BCUT2D eigenvalue weighted by Gasteiger charge is 2.21. The monoisotopic (exact) mass is 212 g/mol. The fourth-order valence-electron chi connectivity index (χ4n) is 1.30. The molecule has 0 saturated carbocycles. The van der Waals surface area contributed by atoms with E-state index in [0.717, 1.165) is 0 Å². The summed E-state index contributed by atoms with van der Waals surface area (Å²) in [5, 5.41) is 19.4. The molecule has 1 rings (SSSR count). The van der Waals surface area contributed by atoms with Crippen LogP contribution in [0.3, 0.4) is 0 Å². The lowest BCUT2D eigenvalue weighted by molar-refractivity contribution is 0.0779. The molecule has 0 fully saturated rings. The summed E-state index contributed by atoms with van der Waals surface area (Å²) in [5.41, 5.74) is -0.463. The van der Waals surface area contributed by atoms with Gasteiger partial charge in [0.1, 0.15) is 0 Å². The Labute approximate surface area is 89.1 Å². The molecule has 0 amide bonds. The van der Waals surface area contributed by atoms with Gasteiger partial charge in [0, 0.05) is 0 Å². The molecule has 2 N–H and O–H groups in total. The van der Waals surface area contributed by atoms with Crippen LogP contribution < -0.4 is 9.47 Å². The van der Waals surface area contributed by atoms with Crippen LogP contribution in [0.4, 0.5) is 0 Å². The third kappa shape index (κ3) is 2.33. The lowest BCUT2D eigenvalue weighted by Crippen LogP contribution is -2.15. The van der Waals surface area contributed by atoms with Crippen LogP contribution in [-0.4, -0.2) is 24.4 Å². The fraction of sp³-hybridized carbons (Fsp3) is 0.455. The first-order valence-corrected chi connectivity index (χ1v) is 4.58. The topological polar surface area (TPSA) is 58.9 Å². The lowest BCUT2D eigenvalue weighted by Gasteiger charge is -2.20. The molecule has 4 nitrogen and oxygen atoms in total. The number of benzene rings is 1. The van der Waals surface area contributed by atoms with Gasteiger partial charge in [-0.05, 0) is 31.5 Å². The Balaban J connectivity index is 3.32. The number of phenols is 1. The first kappa shape index (κ1) is 11.7. The maximum Gasteiger partial charge on any atom is 0.203 e. The van der Waals surface area contributed by atoms with Gasteiger partial charge in [-0.1, -0.05) is 0 Å². The SMILES string of the molecule is COc1cc(C(C)(C)O)cc(O)c1OC. The minimum atomic E-state index is -1.03. The summed E-state index contributed by atoms with van der Waals surface area (Å²) >= 11 is 0. The maximum absolute atomic E-state index is 9.79. The highest BCUT2D eigenvalue weighted by Crippen LogP contribution is 2.39. The van der Waals surface area contributed by atoms with Crippen LogP contribution in [0, 0.1) is 0 Å². The number of phenolic OH excluding ortho intramolecular Hbond substituents is 1. The molecule has 0 spiro atoms. The molecule has 15 heavy (non-hydrogen) atoms. The number of aromatic hydroxyl groups is 1. The molecule has 0 atom stereocenters. The second-order valence-electron chi connectivity index (χ2n) is 3.79. The van der Waals surface area contributed by atoms with E-state index in [1.54, 1.807) is 19.9 Å². The molecule has 1 aromatic carbocycles. The van der Waals surface area contributed by atoms with Crippen LogP contribution in [-0.2, 0) is 5.60 Å². The predicted molar refractivity (Wildman–Crippen MR) is 56.5 cm³/mol. The molecule has 0 bridgehead atoms. The van der Waals surface area contributed by atoms with Crippen molar-refractivity contribution < 1.29 is 19.7 Å². The van der Waals surface area contributed by atoms with Crippen molar-refractivity contribution in [2.24, 2.45) is 0 Å². The molecule has 84 valence electrons. The average Bonchev–Trinajstić information content (AvgIpc) is 2.15. The van der Waals surface area contributed by atoms with Crippen molar-refractivity contribution in [1.29, 1.82) is 0 Å². The number of rotatable bonds is 3. The summed E-state index contributed by atoms with van der Waals surface area (Å²) in [6, 6.07) is 3.10. The van der Waals surface area contributed by atoms with Crippen molar-refractivity contribution in [3.8, 4) is 17.2 Å². The van der Waals surface area contributed by atoms with E-state index >= 15 is 0 Å². The molecule has 0 radical (unpaired) electrons. The van der Waals surface area contributed by atoms with E-state index < -0.39 is 5.60 Å². The summed E-state index contributed by atoms with van der Waals surface area (Å²) in [7, 11) is 2.92. The molecule has 1 aromatic rings. The van der Waals surface area contributed by atoms with Gasteiger partial charge in [0.15, 0.2) is 11.5 Å². The first-order valence-electron chi connectivity index (χ1n) is 4.58. The van der Waals surface area contributed by atoms with Gasteiger partial charge in [0.25, 0.3) is 0 Å². The second-order valence-corrected chi connectivity index (χ2v) is 3.79. The van der Waals surface area contributed by atoms with Crippen molar-refractivity contribution in [1.82, 2.24) is 0 Å². The summed E-state index contributed by atoms with van der Waals surface area (Å²) in [6.45, 7) is 3.27. The number of hydrogen-bond donors (Lipinski definition) is 2. The van der Waals surface area contributed by atoms with E-state index in [9.17, 15) is 10.2 Å². The Morgan fingerprint density at radius 3 is 2.13 bits per heavy atom. The normalized spacial score (nSPS) is 11.3.